The summed E-state index contributed by atoms with van der Waals surface area (Å²) in [7, 11) is 0. The fourth-order valence-corrected chi connectivity index (χ4v) is 6.01. The van der Waals surface area contributed by atoms with Gasteiger partial charge in [0.1, 0.15) is 11.5 Å². The lowest BCUT2D eigenvalue weighted by Crippen LogP contribution is -2.45. The van der Waals surface area contributed by atoms with Gasteiger partial charge in [0.25, 0.3) is 0 Å². The summed E-state index contributed by atoms with van der Waals surface area (Å²) in [5.41, 5.74) is 0.772. The minimum atomic E-state index is 0.772. The van der Waals surface area contributed by atoms with E-state index in [1.165, 1.54) is 25.0 Å². The second-order valence-electron chi connectivity index (χ2n) is 8.14. The molecule has 1 heteroatoms. The summed E-state index contributed by atoms with van der Waals surface area (Å²) in [6.07, 6.45) is 14.8. The van der Waals surface area contributed by atoms with Crippen LogP contribution < -0.4 is 0 Å². The van der Waals surface area contributed by atoms with Gasteiger partial charge >= 0.3 is 0 Å². The quantitative estimate of drug-likeness (QED) is 0.643. The predicted molar refractivity (Wildman–Crippen MR) is 81.6 cm³/mol. The van der Waals surface area contributed by atoms with Crippen molar-refractivity contribution >= 4 is 0 Å². The summed E-state index contributed by atoms with van der Waals surface area (Å²) in [5.74, 6) is 5.56. The van der Waals surface area contributed by atoms with E-state index in [4.69, 9.17) is 4.42 Å². The average molecular weight is 272 g/mol. The standard InChI is InChI=1S/C19H28O/c1-14-5-6-18(20-14)4-2-3-7-19-11-15-8-16(12-19)10-17(9-15)13-19/h5-6,15-17H,2-4,7-13H2,1H3. The SMILES string of the molecule is Cc1ccc(CCCCC23CC4CC(CC(C4)C2)C3)o1. The first-order valence-corrected chi connectivity index (χ1v) is 8.76. The zero-order valence-corrected chi connectivity index (χ0v) is 12.9. The first-order valence-electron chi connectivity index (χ1n) is 8.76. The molecule has 1 nitrogen and oxygen atoms in total. The van der Waals surface area contributed by atoms with E-state index in [2.05, 4.69) is 12.1 Å². The zero-order valence-electron chi connectivity index (χ0n) is 12.9. The van der Waals surface area contributed by atoms with Gasteiger partial charge in [-0.2, -0.15) is 0 Å². The van der Waals surface area contributed by atoms with Crippen molar-refractivity contribution in [2.75, 3.05) is 0 Å². The number of aryl methyl sites for hydroxylation is 2. The van der Waals surface area contributed by atoms with Crippen LogP contribution in [0.4, 0.5) is 0 Å². The van der Waals surface area contributed by atoms with Crippen molar-refractivity contribution in [1.82, 2.24) is 0 Å². The molecule has 0 aromatic carbocycles. The molecule has 4 bridgehead atoms. The molecule has 1 heterocycles. The maximum Gasteiger partial charge on any atom is 0.104 e. The van der Waals surface area contributed by atoms with Gasteiger partial charge in [0.2, 0.25) is 0 Å². The minimum absolute atomic E-state index is 0.772. The highest BCUT2D eigenvalue weighted by Gasteiger charge is 2.50. The van der Waals surface area contributed by atoms with Crippen molar-refractivity contribution in [1.29, 1.82) is 0 Å². The lowest BCUT2D eigenvalue weighted by molar-refractivity contribution is -0.0583. The van der Waals surface area contributed by atoms with E-state index < -0.39 is 0 Å². The number of furan rings is 1. The highest BCUT2D eigenvalue weighted by atomic mass is 16.3. The number of unbranched alkanes of at least 4 members (excludes halogenated alkanes) is 1. The third-order valence-electron chi connectivity index (χ3n) is 6.34. The van der Waals surface area contributed by atoms with Crippen LogP contribution >= 0.6 is 0 Å². The van der Waals surface area contributed by atoms with E-state index in [9.17, 15) is 0 Å². The number of hydrogen-bond acceptors (Lipinski definition) is 1. The predicted octanol–water partition coefficient (Wildman–Crippen LogP) is 5.52. The van der Waals surface area contributed by atoms with Crippen molar-refractivity contribution in [2.24, 2.45) is 23.2 Å². The Hall–Kier alpha value is -0.720. The van der Waals surface area contributed by atoms with Crippen LogP contribution in [0.15, 0.2) is 16.5 Å². The van der Waals surface area contributed by atoms with Crippen molar-refractivity contribution < 1.29 is 4.42 Å². The topological polar surface area (TPSA) is 13.1 Å². The van der Waals surface area contributed by atoms with Gasteiger partial charge < -0.3 is 4.42 Å². The molecule has 1 aromatic heterocycles. The van der Waals surface area contributed by atoms with Gasteiger partial charge in [0, 0.05) is 6.42 Å². The molecule has 0 aliphatic heterocycles. The Morgan fingerprint density at radius 3 is 2.20 bits per heavy atom. The molecule has 0 unspecified atom stereocenters. The Labute approximate surface area is 123 Å². The Balaban J connectivity index is 1.29. The van der Waals surface area contributed by atoms with Gasteiger partial charge in [0.15, 0.2) is 0 Å². The highest BCUT2D eigenvalue weighted by molar-refractivity contribution is 5.05. The molecular formula is C19H28O. The van der Waals surface area contributed by atoms with E-state index in [1.54, 1.807) is 38.5 Å². The number of rotatable bonds is 5. The summed E-state index contributed by atoms with van der Waals surface area (Å²) >= 11 is 0. The fourth-order valence-electron chi connectivity index (χ4n) is 6.01. The van der Waals surface area contributed by atoms with Crippen LogP contribution in [0.1, 0.15) is 69.3 Å². The van der Waals surface area contributed by atoms with Crippen molar-refractivity contribution in [3.8, 4) is 0 Å². The third kappa shape index (κ3) is 2.44. The maximum atomic E-state index is 5.68. The Morgan fingerprint density at radius 2 is 1.65 bits per heavy atom. The largest absolute Gasteiger partial charge is 0.466 e. The van der Waals surface area contributed by atoms with Crippen molar-refractivity contribution in [3.63, 3.8) is 0 Å². The molecule has 0 spiro atoms. The lowest BCUT2D eigenvalue weighted by atomic mass is 9.48. The average Bonchev–Trinajstić information content (AvgIpc) is 2.79. The molecule has 20 heavy (non-hydrogen) atoms. The third-order valence-corrected chi connectivity index (χ3v) is 6.34. The Morgan fingerprint density at radius 1 is 1.00 bits per heavy atom. The second kappa shape index (κ2) is 4.93. The molecule has 0 atom stereocenters. The molecule has 110 valence electrons. The first-order chi connectivity index (χ1) is 9.71. The first kappa shape index (κ1) is 13.0. The van der Waals surface area contributed by atoms with Crippen LogP contribution in [0.5, 0.6) is 0 Å². The van der Waals surface area contributed by atoms with Crippen LogP contribution in [0.25, 0.3) is 0 Å². The molecule has 4 aliphatic rings. The van der Waals surface area contributed by atoms with Crippen LogP contribution in [0.3, 0.4) is 0 Å². The molecule has 0 saturated heterocycles. The lowest BCUT2D eigenvalue weighted by Gasteiger charge is -2.57. The summed E-state index contributed by atoms with van der Waals surface area (Å²) in [6.45, 7) is 2.04. The monoisotopic (exact) mass is 272 g/mol. The fraction of sp³-hybridized carbons (Fsp3) is 0.789. The van der Waals surface area contributed by atoms with E-state index in [0.29, 0.717) is 0 Å². The normalized spacial score (nSPS) is 38.5. The molecule has 4 aliphatic carbocycles. The second-order valence-corrected chi connectivity index (χ2v) is 8.14. The summed E-state index contributed by atoms with van der Waals surface area (Å²) in [6, 6.07) is 4.24. The van der Waals surface area contributed by atoms with E-state index >= 15 is 0 Å². The zero-order chi connectivity index (χ0) is 13.6. The van der Waals surface area contributed by atoms with Crippen LogP contribution in [0, 0.1) is 30.1 Å². The number of hydrogen-bond donors (Lipinski definition) is 0. The summed E-state index contributed by atoms with van der Waals surface area (Å²) in [5, 5.41) is 0. The van der Waals surface area contributed by atoms with E-state index in [-0.39, 0.29) is 0 Å². The van der Waals surface area contributed by atoms with Gasteiger partial charge in [-0.05, 0) is 93.6 Å². The summed E-state index contributed by atoms with van der Waals surface area (Å²) < 4.78 is 5.68. The molecule has 4 saturated carbocycles. The molecular weight excluding hydrogens is 244 g/mol. The molecule has 0 amide bonds. The molecule has 5 rings (SSSR count). The van der Waals surface area contributed by atoms with Gasteiger partial charge in [0.05, 0.1) is 0 Å². The molecule has 1 aromatic rings. The summed E-state index contributed by atoms with van der Waals surface area (Å²) in [4.78, 5) is 0. The van der Waals surface area contributed by atoms with Gasteiger partial charge in [-0.25, -0.2) is 0 Å². The van der Waals surface area contributed by atoms with Crippen LogP contribution in [-0.4, -0.2) is 0 Å². The van der Waals surface area contributed by atoms with Crippen LogP contribution in [-0.2, 0) is 6.42 Å². The van der Waals surface area contributed by atoms with E-state index in [1.807, 2.05) is 6.92 Å². The minimum Gasteiger partial charge on any atom is -0.466 e. The van der Waals surface area contributed by atoms with Crippen LogP contribution in [0.2, 0.25) is 0 Å². The van der Waals surface area contributed by atoms with E-state index in [0.717, 1.165) is 35.3 Å². The van der Waals surface area contributed by atoms with Gasteiger partial charge in [-0.1, -0.05) is 6.42 Å². The highest BCUT2D eigenvalue weighted by Crippen LogP contribution is 2.61. The Bertz CT molecular complexity index is 435. The molecule has 0 N–H and O–H groups in total. The maximum absolute atomic E-state index is 5.68. The smallest absolute Gasteiger partial charge is 0.104 e. The molecule has 4 fully saturated rings. The Kier molecular flexibility index (Phi) is 3.20. The van der Waals surface area contributed by atoms with Crippen molar-refractivity contribution in [3.05, 3.63) is 23.7 Å². The van der Waals surface area contributed by atoms with Gasteiger partial charge in [-0.15, -0.1) is 0 Å². The molecule has 0 radical (unpaired) electrons. The van der Waals surface area contributed by atoms with Gasteiger partial charge in [-0.3, -0.25) is 0 Å². The van der Waals surface area contributed by atoms with Crippen molar-refractivity contribution in [2.45, 2.75) is 71.1 Å².